The molecule has 1 amide bonds. The molecule has 2 aromatic rings. The molecule has 126 valence electrons. The summed E-state index contributed by atoms with van der Waals surface area (Å²) in [6.45, 7) is 9.04. The summed E-state index contributed by atoms with van der Waals surface area (Å²) < 4.78 is 0. The molecule has 1 aliphatic heterocycles. The van der Waals surface area contributed by atoms with E-state index in [1.165, 1.54) is 11.1 Å². The molecular formula is C21H26N2O. The van der Waals surface area contributed by atoms with Crippen LogP contribution in [0.4, 0.5) is 0 Å². The van der Waals surface area contributed by atoms with E-state index >= 15 is 0 Å². The highest BCUT2D eigenvalue weighted by molar-refractivity contribution is 5.94. The average Bonchev–Trinajstić information content (AvgIpc) is 2.59. The van der Waals surface area contributed by atoms with Crippen LogP contribution in [0.3, 0.4) is 0 Å². The highest BCUT2D eigenvalue weighted by Crippen LogP contribution is 2.25. The van der Waals surface area contributed by atoms with Crippen molar-refractivity contribution in [2.45, 2.75) is 39.3 Å². The van der Waals surface area contributed by atoms with Crippen LogP contribution >= 0.6 is 0 Å². The van der Waals surface area contributed by atoms with Crippen molar-refractivity contribution in [3.63, 3.8) is 0 Å². The summed E-state index contributed by atoms with van der Waals surface area (Å²) in [5, 5.41) is 3.11. The fourth-order valence-electron chi connectivity index (χ4n) is 3.31. The standard InChI is InChI=1S/C21H26N2O/c1-16-7-6-10-18(13-16)20(24)22-15-21(2,3)23-12-11-17-8-4-5-9-19(17)14-23/h4-10,13H,11-12,14-15H2,1-3H3,(H,22,24). The number of amides is 1. The van der Waals surface area contributed by atoms with E-state index in [1.54, 1.807) is 0 Å². The first-order valence-electron chi connectivity index (χ1n) is 8.62. The predicted octanol–water partition coefficient (Wildman–Crippen LogP) is 3.56. The number of hydrogen-bond donors (Lipinski definition) is 1. The van der Waals surface area contributed by atoms with E-state index in [0.717, 1.165) is 30.6 Å². The molecule has 0 aliphatic carbocycles. The van der Waals surface area contributed by atoms with Crippen LogP contribution in [-0.4, -0.2) is 29.4 Å². The lowest BCUT2D eigenvalue weighted by atomic mass is 9.94. The lowest BCUT2D eigenvalue weighted by Gasteiger charge is -2.41. The monoisotopic (exact) mass is 322 g/mol. The summed E-state index contributed by atoms with van der Waals surface area (Å²) in [5.41, 5.74) is 4.62. The van der Waals surface area contributed by atoms with Gasteiger partial charge in [-0.15, -0.1) is 0 Å². The maximum absolute atomic E-state index is 12.4. The number of fused-ring (bicyclic) bond motifs is 1. The van der Waals surface area contributed by atoms with Crippen molar-refractivity contribution in [1.82, 2.24) is 10.2 Å². The number of hydrogen-bond acceptors (Lipinski definition) is 2. The van der Waals surface area contributed by atoms with Crippen LogP contribution in [-0.2, 0) is 13.0 Å². The molecule has 24 heavy (non-hydrogen) atoms. The molecule has 0 unspecified atom stereocenters. The van der Waals surface area contributed by atoms with Crippen LogP contribution in [0.15, 0.2) is 48.5 Å². The van der Waals surface area contributed by atoms with Crippen molar-refractivity contribution in [3.05, 3.63) is 70.8 Å². The molecule has 1 N–H and O–H groups in total. The Morgan fingerprint density at radius 2 is 1.88 bits per heavy atom. The van der Waals surface area contributed by atoms with Gasteiger partial charge in [0.15, 0.2) is 0 Å². The Hall–Kier alpha value is -2.13. The van der Waals surface area contributed by atoms with Gasteiger partial charge in [-0.05, 0) is 50.5 Å². The van der Waals surface area contributed by atoms with Gasteiger partial charge in [-0.3, -0.25) is 9.69 Å². The molecule has 0 fully saturated rings. The van der Waals surface area contributed by atoms with E-state index in [0.29, 0.717) is 6.54 Å². The Kier molecular flexibility index (Phi) is 4.72. The normalized spacial score (nSPS) is 15.0. The third-order valence-corrected chi connectivity index (χ3v) is 4.95. The number of rotatable bonds is 4. The highest BCUT2D eigenvalue weighted by atomic mass is 16.1. The van der Waals surface area contributed by atoms with Gasteiger partial charge in [-0.25, -0.2) is 0 Å². The molecule has 2 aromatic carbocycles. The van der Waals surface area contributed by atoms with Crippen molar-refractivity contribution >= 4 is 5.91 Å². The summed E-state index contributed by atoms with van der Waals surface area (Å²) in [5.74, 6) is 0.00387. The van der Waals surface area contributed by atoms with Crippen LogP contribution in [0, 0.1) is 6.92 Å². The van der Waals surface area contributed by atoms with Crippen LogP contribution < -0.4 is 5.32 Å². The van der Waals surface area contributed by atoms with Crippen molar-refractivity contribution in [1.29, 1.82) is 0 Å². The Bertz CT molecular complexity index is 736. The second-order valence-corrected chi connectivity index (χ2v) is 7.30. The first-order valence-corrected chi connectivity index (χ1v) is 8.62. The molecule has 3 nitrogen and oxygen atoms in total. The van der Waals surface area contributed by atoms with Gasteiger partial charge < -0.3 is 5.32 Å². The molecule has 0 aromatic heterocycles. The van der Waals surface area contributed by atoms with Gasteiger partial charge >= 0.3 is 0 Å². The maximum atomic E-state index is 12.4. The molecule has 0 bridgehead atoms. The molecule has 0 saturated carbocycles. The number of benzene rings is 2. The zero-order chi connectivity index (χ0) is 17.2. The summed E-state index contributed by atoms with van der Waals surface area (Å²) in [7, 11) is 0. The Morgan fingerprint density at radius 3 is 2.62 bits per heavy atom. The largest absolute Gasteiger partial charge is 0.350 e. The predicted molar refractivity (Wildman–Crippen MR) is 98.1 cm³/mol. The van der Waals surface area contributed by atoms with E-state index in [9.17, 15) is 4.79 Å². The molecule has 0 atom stereocenters. The second kappa shape index (κ2) is 6.78. The summed E-state index contributed by atoms with van der Waals surface area (Å²) in [4.78, 5) is 14.9. The number of carbonyl (C=O) groups excluding carboxylic acids is 1. The van der Waals surface area contributed by atoms with Crippen LogP contribution in [0.25, 0.3) is 0 Å². The summed E-state index contributed by atoms with van der Waals surface area (Å²) in [6, 6.07) is 16.4. The van der Waals surface area contributed by atoms with Crippen LogP contribution in [0.1, 0.15) is 40.9 Å². The van der Waals surface area contributed by atoms with Crippen molar-refractivity contribution < 1.29 is 4.79 Å². The van der Waals surface area contributed by atoms with E-state index in [1.807, 2.05) is 31.2 Å². The molecule has 0 radical (unpaired) electrons. The molecule has 1 aliphatic rings. The molecule has 3 rings (SSSR count). The van der Waals surface area contributed by atoms with Crippen LogP contribution in [0.5, 0.6) is 0 Å². The highest BCUT2D eigenvalue weighted by Gasteiger charge is 2.30. The third-order valence-electron chi connectivity index (χ3n) is 4.95. The van der Waals surface area contributed by atoms with Gasteiger partial charge in [0, 0.05) is 30.7 Å². The number of aryl methyl sites for hydroxylation is 1. The fraction of sp³-hybridized carbons (Fsp3) is 0.381. The van der Waals surface area contributed by atoms with E-state index in [4.69, 9.17) is 0 Å². The molecule has 1 heterocycles. The van der Waals surface area contributed by atoms with Gasteiger partial charge in [0.05, 0.1) is 0 Å². The van der Waals surface area contributed by atoms with Gasteiger partial charge in [-0.2, -0.15) is 0 Å². The number of carbonyl (C=O) groups is 1. The SMILES string of the molecule is Cc1cccc(C(=O)NCC(C)(C)N2CCc3ccccc3C2)c1. The third kappa shape index (κ3) is 3.68. The summed E-state index contributed by atoms with van der Waals surface area (Å²) >= 11 is 0. The molecule has 0 spiro atoms. The van der Waals surface area contributed by atoms with Gasteiger partial charge in [0.25, 0.3) is 5.91 Å². The van der Waals surface area contributed by atoms with E-state index in [-0.39, 0.29) is 11.4 Å². The lowest BCUT2D eigenvalue weighted by molar-refractivity contribution is 0.0826. The minimum atomic E-state index is -0.0764. The van der Waals surface area contributed by atoms with E-state index in [2.05, 4.69) is 48.3 Å². The quantitative estimate of drug-likeness (QED) is 0.933. The number of nitrogens with zero attached hydrogens (tertiary/aromatic N) is 1. The first kappa shape index (κ1) is 16.7. The molecule has 3 heteroatoms. The lowest BCUT2D eigenvalue weighted by Crippen LogP contribution is -2.53. The minimum Gasteiger partial charge on any atom is -0.350 e. The maximum Gasteiger partial charge on any atom is 0.251 e. The van der Waals surface area contributed by atoms with E-state index < -0.39 is 0 Å². The van der Waals surface area contributed by atoms with Gasteiger partial charge in [-0.1, -0.05) is 42.0 Å². The average molecular weight is 322 g/mol. The summed E-state index contributed by atoms with van der Waals surface area (Å²) in [6.07, 6.45) is 1.07. The zero-order valence-electron chi connectivity index (χ0n) is 14.8. The molecule has 0 saturated heterocycles. The zero-order valence-corrected chi connectivity index (χ0v) is 14.8. The van der Waals surface area contributed by atoms with Crippen molar-refractivity contribution in [3.8, 4) is 0 Å². The van der Waals surface area contributed by atoms with Crippen LogP contribution in [0.2, 0.25) is 0 Å². The first-order chi connectivity index (χ1) is 11.5. The Labute approximate surface area is 144 Å². The van der Waals surface area contributed by atoms with Gasteiger partial charge in [0.1, 0.15) is 0 Å². The minimum absolute atomic E-state index is 0.00387. The Morgan fingerprint density at radius 1 is 1.12 bits per heavy atom. The van der Waals surface area contributed by atoms with Gasteiger partial charge in [0.2, 0.25) is 0 Å². The van der Waals surface area contributed by atoms with Crippen molar-refractivity contribution in [2.75, 3.05) is 13.1 Å². The van der Waals surface area contributed by atoms with Crippen molar-refractivity contribution in [2.24, 2.45) is 0 Å². The topological polar surface area (TPSA) is 32.3 Å². The fourth-order valence-corrected chi connectivity index (χ4v) is 3.31. The molecular weight excluding hydrogens is 296 g/mol. The smallest absolute Gasteiger partial charge is 0.251 e. The second-order valence-electron chi connectivity index (χ2n) is 7.30. The Balaban J connectivity index is 1.63. The number of nitrogens with one attached hydrogen (secondary N) is 1.